The van der Waals surface area contributed by atoms with Crippen molar-refractivity contribution in [2.24, 2.45) is 17.7 Å². The summed E-state index contributed by atoms with van der Waals surface area (Å²) in [7, 11) is 0. The van der Waals surface area contributed by atoms with Crippen LogP contribution in [0.1, 0.15) is 50.6 Å². The monoisotopic (exact) mass is 290 g/mol. The number of hydrogen-bond donors (Lipinski definition) is 2. The largest absolute Gasteiger partial charge is 0.486 e. The van der Waals surface area contributed by atoms with Crippen molar-refractivity contribution in [2.75, 3.05) is 13.2 Å². The summed E-state index contributed by atoms with van der Waals surface area (Å²) in [4.78, 5) is 0. The Balaban J connectivity index is 1.79. The first kappa shape index (κ1) is 14.7. The van der Waals surface area contributed by atoms with Gasteiger partial charge in [0.05, 0.1) is 0 Å². The number of nitrogens with two attached hydrogens (primary N) is 1. The van der Waals surface area contributed by atoms with E-state index in [0.29, 0.717) is 19.1 Å². The SMILES string of the molecule is CCC1CCCC(C(NN)c2ccc3c(c2)OCCO3)C1. The number of fused-ring (bicyclic) bond motifs is 1. The zero-order valence-electron chi connectivity index (χ0n) is 12.8. The molecule has 0 amide bonds. The maximum Gasteiger partial charge on any atom is 0.161 e. The van der Waals surface area contributed by atoms with E-state index in [2.05, 4.69) is 24.5 Å². The van der Waals surface area contributed by atoms with E-state index < -0.39 is 0 Å². The summed E-state index contributed by atoms with van der Waals surface area (Å²) < 4.78 is 11.3. The van der Waals surface area contributed by atoms with Crippen LogP contribution in [-0.2, 0) is 0 Å². The molecule has 4 nitrogen and oxygen atoms in total. The van der Waals surface area contributed by atoms with Crippen LogP contribution >= 0.6 is 0 Å². The van der Waals surface area contributed by atoms with Crippen LogP contribution in [0.4, 0.5) is 0 Å². The fourth-order valence-electron chi connectivity index (χ4n) is 3.76. The Morgan fingerprint density at radius 1 is 1.24 bits per heavy atom. The molecule has 0 bridgehead atoms. The second-order valence-electron chi connectivity index (χ2n) is 6.25. The summed E-state index contributed by atoms with van der Waals surface area (Å²) in [5.74, 6) is 9.02. The van der Waals surface area contributed by atoms with Gasteiger partial charge in [-0.1, -0.05) is 32.3 Å². The van der Waals surface area contributed by atoms with E-state index in [0.717, 1.165) is 17.4 Å². The van der Waals surface area contributed by atoms with Crippen molar-refractivity contribution in [1.29, 1.82) is 0 Å². The van der Waals surface area contributed by atoms with Gasteiger partial charge in [-0.2, -0.15) is 0 Å². The smallest absolute Gasteiger partial charge is 0.161 e. The van der Waals surface area contributed by atoms with Crippen LogP contribution in [-0.4, -0.2) is 13.2 Å². The first-order valence-corrected chi connectivity index (χ1v) is 8.17. The van der Waals surface area contributed by atoms with Crippen molar-refractivity contribution in [3.8, 4) is 11.5 Å². The van der Waals surface area contributed by atoms with Crippen LogP contribution in [0.5, 0.6) is 11.5 Å². The molecule has 3 N–H and O–H groups in total. The van der Waals surface area contributed by atoms with Crippen molar-refractivity contribution >= 4 is 0 Å². The molecule has 1 heterocycles. The van der Waals surface area contributed by atoms with Crippen LogP contribution in [0, 0.1) is 11.8 Å². The minimum absolute atomic E-state index is 0.204. The fraction of sp³-hybridized carbons (Fsp3) is 0.647. The maximum atomic E-state index is 5.88. The third kappa shape index (κ3) is 3.16. The number of benzene rings is 1. The molecule has 1 aliphatic carbocycles. The van der Waals surface area contributed by atoms with Crippen LogP contribution in [0.15, 0.2) is 18.2 Å². The summed E-state index contributed by atoms with van der Waals surface area (Å²) in [5, 5.41) is 0. The molecule has 1 fully saturated rings. The van der Waals surface area contributed by atoms with E-state index >= 15 is 0 Å². The van der Waals surface area contributed by atoms with Gasteiger partial charge in [-0.3, -0.25) is 11.3 Å². The second-order valence-corrected chi connectivity index (χ2v) is 6.25. The molecule has 0 saturated heterocycles. The fourth-order valence-corrected chi connectivity index (χ4v) is 3.76. The Labute approximate surface area is 127 Å². The molecular weight excluding hydrogens is 264 g/mol. The first-order chi connectivity index (χ1) is 10.3. The van der Waals surface area contributed by atoms with E-state index in [-0.39, 0.29) is 6.04 Å². The Hall–Kier alpha value is -1.26. The van der Waals surface area contributed by atoms with E-state index in [1.165, 1.54) is 37.7 Å². The Bertz CT molecular complexity index is 478. The lowest BCUT2D eigenvalue weighted by atomic mass is 9.75. The number of hydrogen-bond acceptors (Lipinski definition) is 4. The summed E-state index contributed by atoms with van der Waals surface area (Å²) in [6, 6.07) is 6.42. The molecule has 0 aromatic heterocycles. The Morgan fingerprint density at radius 3 is 2.81 bits per heavy atom. The quantitative estimate of drug-likeness (QED) is 0.660. The molecule has 1 saturated carbocycles. The molecule has 21 heavy (non-hydrogen) atoms. The summed E-state index contributed by atoms with van der Waals surface area (Å²) in [6.45, 7) is 3.55. The molecule has 0 radical (unpaired) electrons. The van der Waals surface area contributed by atoms with Crippen LogP contribution < -0.4 is 20.7 Å². The van der Waals surface area contributed by atoms with Gasteiger partial charge in [-0.05, 0) is 42.4 Å². The minimum Gasteiger partial charge on any atom is -0.486 e. The van der Waals surface area contributed by atoms with Gasteiger partial charge >= 0.3 is 0 Å². The van der Waals surface area contributed by atoms with Crippen LogP contribution in [0.25, 0.3) is 0 Å². The van der Waals surface area contributed by atoms with Gasteiger partial charge in [0.25, 0.3) is 0 Å². The van der Waals surface area contributed by atoms with Gasteiger partial charge in [0, 0.05) is 6.04 Å². The summed E-state index contributed by atoms with van der Waals surface area (Å²) >= 11 is 0. The molecular formula is C17H26N2O2. The predicted octanol–water partition coefficient (Wildman–Crippen LogP) is 3.18. The number of hydrazine groups is 1. The maximum absolute atomic E-state index is 5.88. The molecule has 3 unspecified atom stereocenters. The molecule has 1 aromatic rings. The second kappa shape index (κ2) is 6.67. The van der Waals surface area contributed by atoms with Crippen molar-refractivity contribution in [3.63, 3.8) is 0 Å². The lowest BCUT2D eigenvalue weighted by molar-refractivity contribution is 0.170. The van der Waals surface area contributed by atoms with Crippen molar-refractivity contribution in [3.05, 3.63) is 23.8 Å². The molecule has 1 aliphatic heterocycles. The molecule has 4 heteroatoms. The molecule has 0 spiro atoms. The lowest BCUT2D eigenvalue weighted by Crippen LogP contribution is -2.36. The highest BCUT2D eigenvalue weighted by Gasteiger charge is 2.29. The van der Waals surface area contributed by atoms with Crippen molar-refractivity contribution in [1.82, 2.24) is 5.43 Å². The van der Waals surface area contributed by atoms with Gasteiger partial charge in [0.15, 0.2) is 11.5 Å². The molecule has 3 atom stereocenters. The number of nitrogens with one attached hydrogen (secondary N) is 1. The molecule has 2 aliphatic rings. The van der Waals surface area contributed by atoms with Gasteiger partial charge in [-0.25, -0.2) is 0 Å². The summed E-state index contributed by atoms with van der Waals surface area (Å²) in [5.41, 5.74) is 4.25. The zero-order chi connectivity index (χ0) is 14.7. The lowest BCUT2D eigenvalue weighted by Gasteiger charge is -2.34. The topological polar surface area (TPSA) is 56.5 Å². The number of ether oxygens (including phenoxy) is 2. The number of rotatable bonds is 4. The standard InChI is InChI=1S/C17H26N2O2/c1-2-12-4-3-5-13(10-12)17(19-18)14-6-7-15-16(11-14)21-9-8-20-15/h6-7,11-13,17,19H,2-5,8-10,18H2,1H3. The Kier molecular flexibility index (Phi) is 4.66. The van der Waals surface area contributed by atoms with E-state index in [4.69, 9.17) is 15.3 Å². The zero-order valence-corrected chi connectivity index (χ0v) is 12.8. The van der Waals surface area contributed by atoms with Gasteiger partial charge in [0.1, 0.15) is 13.2 Å². The molecule has 1 aromatic carbocycles. The Morgan fingerprint density at radius 2 is 2.05 bits per heavy atom. The van der Waals surface area contributed by atoms with Gasteiger partial charge in [-0.15, -0.1) is 0 Å². The first-order valence-electron chi connectivity index (χ1n) is 8.17. The third-order valence-electron chi connectivity index (χ3n) is 4.98. The van der Waals surface area contributed by atoms with E-state index in [9.17, 15) is 0 Å². The minimum atomic E-state index is 0.204. The average Bonchev–Trinajstić information content (AvgIpc) is 2.56. The normalized spacial score (nSPS) is 26.4. The highest BCUT2D eigenvalue weighted by molar-refractivity contribution is 5.44. The van der Waals surface area contributed by atoms with E-state index in [1.807, 2.05) is 6.07 Å². The predicted molar refractivity (Wildman–Crippen MR) is 83.2 cm³/mol. The van der Waals surface area contributed by atoms with Gasteiger partial charge in [0.2, 0.25) is 0 Å². The van der Waals surface area contributed by atoms with Crippen LogP contribution in [0.3, 0.4) is 0 Å². The highest BCUT2D eigenvalue weighted by Crippen LogP contribution is 2.40. The summed E-state index contributed by atoms with van der Waals surface area (Å²) in [6.07, 6.45) is 6.46. The third-order valence-corrected chi connectivity index (χ3v) is 4.98. The van der Waals surface area contributed by atoms with E-state index in [1.54, 1.807) is 0 Å². The highest BCUT2D eigenvalue weighted by atomic mass is 16.6. The van der Waals surface area contributed by atoms with Crippen LogP contribution in [0.2, 0.25) is 0 Å². The van der Waals surface area contributed by atoms with Crippen molar-refractivity contribution in [2.45, 2.75) is 45.1 Å². The molecule has 3 rings (SSSR count). The average molecular weight is 290 g/mol. The van der Waals surface area contributed by atoms with Gasteiger partial charge < -0.3 is 9.47 Å². The van der Waals surface area contributed by atoms with Crippen molar-refractivity contribution < 1.29 is 9.47 Å². The molecule has 116 valence electrons.